The van der Waals surface area contributed by atoms with E-state index in [9.17, 15) is 4.79 Å². The minimum absolute atomic E-state index is 0.0149. The average molecular weight is 363 g/mol. The number of ether oxygens (including phenoxy) is 1. The van der Waals surface area contributed by atoms with Crippen molar-refractivity contribution >= 4 is 17.5 Å². The molecular formula is C18H23ClN4O2. The smallest absolute Gasteiger partial charge is 0.257 e. The molecule has 2 heterocycles. The van der Waals surface area contributed by atoms with Crippen LogP contribution in [-0.2, 0) is 24.2 Å². The molecule has 0 aliphatic carbocycles. The minimum atomic E-state index is -0.150. The molecule has 0 fully saturated rings. The summed E-state index contributed by atoms with van der Waals surface area (Å²) < 4.78 is 7.70. The molecule has 134 valence electrons. The zero-order chi connectivity index (χ0) is 17.6. The van der Waals surface area contributed by atoms with Crippen molar-refractivity contribution in [2.75, 3.05) is 13.2 Å². The summed E-state index contributed by atoms with van der Waals surface area (Å²) in [4.78, 5) is 11.9. The Morgan fingerprint density at radius 3 is 3.04 bits per heavy atom. The number of rotatable bonds is 6. The van der Waals surface area contributed by atoms with Crippen molar-refractivity contribution in [3.05, 3.63) is 40.4 Å². The van der Waals surface area contributed by atoms with Crippen LogP contribution in [0.3, 0.4) is 0 Å². The van der Waals surface area contributed by atoms with Crippen LogP contribution in [0.2, 0.25) is 5.02 Å². The van der Waals surface area contributed by atoms with Crippen molar-refractivity contribution in [2.24, 2.45) is 0 Å². The first-order chi connectivity index (χ1) is 12.1. The van der Waals surface area contributed by atoms with Gasteiger partial charge in [0.1, 0.15) is 17.4 Å². The predicted octanol–water partition coefficient (Wildman–Crippen LogP) is 2.70. The Morgan fingerprint density at radius 1 is 1.32 bits per heavy atom. The molecule has 25 heavy (non-hydrogen) atoms. The lowest BCUT2D eigenvalue weighted by atomic mass is 10.2. The highest BCUT2D eigenvalue weighted by Crippen LogP contribution is 2.20. The maximum atomic E-state index is 11.9. The number of hydrogen-bond donors (Lipinski definition) is 1. The Kier molecular flexibility index (Phi) is 5.91. The second-order valence-corrected chi connectivity index (χ2v) is 6.70. The average Bonchev–Trinajstić information content (AvgIpc) is 2.83. The molecule has 1 amide bonds. The van der Waals surface area contributed by atoms with Gasteiger partial charge >= 0.3 is 0 Å². The Labute approximate surface area is 152 Å². The zero-order valence-corrected chi connectivity index (χ0v) is 15.2. The van der Waals surface area contributed by atoms with Crippen molar-refractivity contribution in [1.82, 2.24) is 20.1 Å². The molecular weight excluding hydrogens is 340 g/mol. The van der Waals surface area contributed by atoms with Gasteiger partial charge in [0.05, 0.1) is 0 Å². The van der Waals surface area contributed by atoms with E-state index in [1.54, 1.807) is 12.1 Å². The van der Waals surface area contributed by atoms with Crippen LogP contribution >= 0.6 is 11.6 Å². The second-order valence-electron chi connectivity index (χ2n) is 6.29. The number of halogens is 1. The van der Waals surface area contributed by atoms with Gasteiger partial charge in [0, 0.05) is 31.0 Å². The van der Waals surface area contributed by atoms with E-state index in [0.717, 1.165) is 30.2 Å². The third kappa shape index (κ3) is 4.72. The second kappa shape index (κ2) is 8.34. The third-order valence-corrected chi connectivity index (χ3v) is 4.78. The van der Waals surface area contributed by atoms with E-state index in [1.165, 1.54) is 19.3 Å². The molecule has 1 N–H and O–H groups in total. The van der Waals surface area contributed by atoms with Gasteiger partial charge in [-0.05, 0) is 43.5 Å². The number of aromatic nitrogens is 3. The summed E-state index contributed by atoms with van der Waals surface area (Å²) in [7, 11) is 0. The summed E-state index contributed by atoms with van der Waals surface area (Å²) in [5, 5.41) is 12.1. The van der Waals surface area contributed by atoms with Crippen molar-refractivity contribution in [3.63, 3.8) is 0 Å². The van der Waals surface area contributed by atoms with Crippen molar-refractivity contribution in [2.45, 2.75) is 45.6 Å². The SMILES string of the molecule is Cc1cc(OCC(=O)NCCc2nnc3n2CCCCC3)ccc1Cl. The number of nitrogens with zero attached hydrogens (tertiary/aromatic N) is 3. The fourth-order valence-electron chi connectivity index (χ4n) is 2.95. The largest absolute Gasteiger partial charge is 0.484 e. The highest BCUT2D eigenvalue weighted by atomic mass is 35.5. The number of aryl methyl sites for hydroxylation is 2. The number of nitrogens with one attached hydrogen (secondary N) is 1. The molecule has 0 saturated heterocycles. The first kappa shape index (κ1) is 17.7. The summed E-state index contributed by atoms with van der Waals surface area (Å²) >= 11 is 5.97. The van der Waals surface area contributed by atoms with Gasteiger partial charge in [-0.3, -0.25) is 4.79 Å². The number of carbonyl (C=O) groups excluding carboxylic acids is 1. The van der Waals surface area contributed by atoms with Crippen molar-refractivity contribution in [3.8, 4) is 5.75 Å². The molecule has 1 aliphatic heterocycles. The summed E-state index contributed by atoms with van der Waals surface area (Å²) in [5.41, 5.74) is 0.923. The van der Waals surface area contributed by atoms with Gasteiger partial charge in [0.2, 0.25) is 0 Å². The summed E-state index contributed by atoms with van der Waals surface area (Å²) in [6, 6.07) is 5.34. The van der Waals surface area contributed by atoms with E-state index in [-0.39, 0.29) is 12.5 Å². The van der Waals surface area contributed by atoms with E-state index < -0.39 is 0 Å². The lowest BCUT2D eigenvalue weighted by molar-refractivity contribution is -0.123. The Balaban J connectivity index is 1.43. The first-order valence-corrected chi connectivity index (χ1v) is 9.08. The van der Waals surface area contributed by atoms with Gasteiger partial charge in [0.15, 0.2) is 6.61 Å². The van der Waals surface area contributed by atoms with Crippen molar-refractivity contribution in [1.29, 1.82) is 0 Å². The van der Waals surface area contributed by atoms with E-state index in [4.69, 9.17) is 16.3 Å². The molecule has 1 aromatic carbocycles. The fraction of sp³-hybridized carbons (Fsp3) is 0.500. The van der Waals surface area contributed by atoms with Crippen LogP contribution in [0.15, 0.2) is 18.2 Å². The molecule has 0 unspecified atom stereocenters. The van der Waals surface area contributed by atoms with E-state index in [2.05, 4.69) is 20.1 Å². The number of carbonyl (C=O) groups is 1. The monoisotopic (exact) mass is 362 g/mol. The van der Waals surface area contributed by atoms with Gasteiger partial charge in [-0.25, -0.2) is 0 Å². The number of benzene rings is 1. The number of amides is 1. The van der Waals surface area contributed by atoms with Crippen LogP contribution in [0, 0.1) is 6.92 Å². The first-order valence-electron chi connectivity index (χ1n) is 8.70. The molecule has 0 radical (unpaired) electrons. The molecule has 1 aliphatic rings. The van der Waals surface area contributed by atoms with Crippen LogP contribution in [0.25, 0.3) is 0 Å². The molecule has 2 aromatic rings. The molecule has 1 aromatic heterocycles. The van der Waals surface area contributed by atoms with Gasteiger partial charge < -0.3 is 14.6 Å². The molecule has 0 atom stereocenters. The quantitative estimate of drug-likeness (QED) is 0.857. The van der Waals surface area contributed by atoms with E-state index >= 15 is 0 Å². The van der Waals surface area contributed by atoms with Crippen LogP contribution in [0.1, 0.15) is 36.5 Å². The highest BCUT2D eigenvalue weighted by molar-refractivity contribution is 6.31. The fourth-order valence-corrected chi connectivity index (χ4v) is 3.07. The maximum absolute atomic E-state index is 11.9. The summed E-state index contributed by atoms with van der Waals surface area (Å²) in [6.45, 7) is 3.39. The van der Waals surface area contributed by atoms with Gasteiger partial charge in [-0.2, -0.15) is 0 Å². The highest BCUT2D eigenvalue weighted by Gasteiger charge is 2.14. The molecule has 0 bridgehead atoms. The van der Waals surface area contributed by atoms with Crippen LogP contribution < -0.4 is 10.1 Å². The van der Waals surface area contributed by atoms with E-state index in [0.29, 0.717) is 23.7 Å². The third-order valence-electron chi connectivity index (χ3n) is 4.36. The zero-order valence-electron chi connectivity index (χ0n) is 14.4. The molecule has 6 nitrogen and oxygen atoms in total. The molecule has 3 rings (SSSR count). The van der Waals surface area contributed by atoms with Crippen molar-refractivity contribution < 1.29 is 9.53 Å². The van der Waals surface area contributed by atoms with Crippen LogP contribution in [-0.4, -0.2) is 33.8 Å². The minimum Gasteiger partial charge on any atom is -0.484 e. The molecule has 0 saturated carbocycles. The number of fused-ring (bicyclic) bond motifs is 1. The summed E-state index contributed by atoms with van der Waals surface area (Å²) in [5.74, 6) is 2.51. The predicted molar refractivity (Wildman–Crippen MR) is 96.0 cm³/mol. The standard InChI is InChI=1S/C18H23ClN4O2/c1-13-11-14(6-7-15(13)19)25-12-18(24)20-9-8-17-22-21-16-5-3-2-4-10-23(16)17/h6-7,11H,2-5,8-10,12H2,1H3,(H,20,24). The van der Waals surface area contributed by atoms with Gasteiger partial charge in [-0.1, -0.05) is 18.0 Å². The Bertz CT molecular complexity index is 745. The molecule has 7 heteroatoms. The van der Waals surface area contributed by atoms with E-state index in [1.807, 2.05) is 13.0 Å². The lowest BCUT2D eigenvalue weighted by Crippen LogP contribution is -2.31. The summed E-state index contributed by atoms with van der Waals surface area (Å²) in [6.07, 6.45) is 5.25. The van der Waals surface area contributed by atoms with Crippen LogP contribution in [0.4, 0.5) is 0 Å². The topological polar surface area (TPSA) is 69.0 Å². The van der Waals surface area contributed by atoms with Gasteiger partial charge in [-0.15, -0.1) is 10.2 Å². The maximum Gasteiger partial charge on any atom is 0.257 e. The molecule has 0 spiro atoms. The number of hydrogen-bond acceptors (Lipinski definition) is 4. The van der Waals surface area contributed by atoms with Crippen LogP contribution in [0.5, 0.6) is 5.75 Å². The lowest BCUT2D eigenvalue weighted by Gasteiger charge is -2.09. The normalized spacial score (nSPS) is 13.8. The Hall–Kier alpha value is -2.08. The Morgan fingerprint density at radius 2 is 2.20 bits per heavy atom. The van der Waals surface area contributed by atoms with Gasteiger partial charge in [0.25, 0.3) is 5.91 Å².